The van der Waals surface area contributed by atoms with Gasteiger partial charge >= 0.3 is 0 Å². The van der Waals surface area contributed by atoms with Crippen molar-refractivity contribution in [1.82, 2.24) is 25.5 Å². The molecule has 1 aliphatic carbocycles. The average Bonchev–Trinajstić information content (AvgIpc) is 2.74. The molecule has 0 amide bonds. The van der Waals surface area contributed by atoms with Gasteiger partial charge in [0.2, 0.25) is 5.16 Å². The summed E-state index contributed by atoms with van der Waals surface area (Å²) in [5, 5.41) is 16.5. The van der Waals surface area contributed by atoms with Crippen LogP contribution in [0.5, 0.6) is 0 Å². The van der Waals surface area contributed by atoms with Gasteiger partial charge in [-0.3, -0.25) is 0 Å². The van der Waals surface area contributed by atoms with Crippen molar-refractivity contribution < 1.29 is 0 Å². The molecule has 1 atom stereocenters. The monoisotopic (exact) mass is 255 g/mol. The van der Waals surface area contributed by atoms with Gasteiger partial charge in [-0.25, -0.2) is 4.68 Å². The van der Waals surface area contributed by atoms with E-state index in [1.54, 1.807) is 16.4 Å². The van der Waals surface area contributed by atoms with Gasteiger partial charge in [0.15, 0.2) is 0 Å². The number of hydrogen-bond donors (Lipinski definition) is 1. The van der Waals surface area contributed by atoms with Gasteiger partial charge in [-0.15, -0.1) is 5.10 Å². The van der Waals surface area contributed by atoms with Crippen LogP contribution in [0.2, 0.25) is 0 Å². The van der Waals surface area contributed by atoms with Gasteiger partial charge in [0, 0.05) is 24.9 Å². The van der Waals surface area contributed by atoms with E-state index in [9.17, 15) is 0 Å². The number of rotatable bonds is 5. The number of aromatic nitrogens is 4. The molecule has 1 heterocycles. The maximum Gasteiger partial charge on any atom is 0.209 e. The molecule has 1 fully saturated rings. The Labute approximate surface area is 107 Å². The second-order valence-corrected chi connectivity index (χ2v) is 6.16. The summed E-state index contributed by atoms with van der Waals surface area (Å²) in [6, 6.07) is 0.726. The van der Waals surface area contributed by atoms with Crippen LogP contribution in [-0.4, -0.2) is 38.0 Å². The zero-order chi connectivity index (χ0) is 12.1. The lowest BCUT2D eigenvalue weighted by Gasteiger charge is -2.24. The summed E-state index contributed by atoms with van der Waals surface area (Å²) < 4.78 is 1.72. The van der Waals surface area contributed by atoms with E-state index >= 15 is 0 Å². The maximum absolute atomic E-state index is 3.99. The Hall–Kier alpha value is -0.620. The molecule has 0 aromatic carbocycles. The fourth-order valence-corrected chi connectivity index (χ4v) is 2.99. The third-order valence-electron chi connectivity index (χ3n) is 3.19. The van der Waals surface area contributed by atoms with Crippen molar-refractivity contribution in [2.75, 3.05) is 6.54 Å². The highest BCUT2D eigenvalue weighted by molar-refractivity contribution is 7.99. The van der Waals surface area contributed by atoms with Crippen molar-refractivity contribution in [3.63, 3.8) is 0 Å². The van der Waals surface area contributed by atoms with Crippen molar-refractivity contribution in [2.45, 2.75) is 55.5 Å². The van der Waals surface area contributed by atoms with Crippen molar-refractivity contribution in [3.8, 4) is 0 Å². The van der Waals surface area contributed by atoms with E-state index in [4.69, 9.17) is 0 Å². The third kappa shape index (κ3) is 3.96. The van der Waals surface area contributed by atoms with Gasteiger partial charge in [0.05, 0.1) is 0 Å². The molecule has 17 heavy (non-hydrogen) atoms. The molecule has 96 valence electrons. The Bertz CT molecular complexity index is 334. The lowest BCUT2D eigenvalue weighted by molar-refractivity contribution is 0.375. The molecular formula is C11H21N5S. The SMILES string of the molecule is CC(CNC1CCCCC1)Sc1nnnn1C. The minimum Gasteiger partial charge on any atom is -0.313 e. The van der Waals surface area contributed by atoms with Crippen molar-refractivity contribution in [1.29, 1.82) is 0 Å². The Kier molecular flexibility index (Phi) is 4.79. The molecular weight excluding hydrogens is 234 g/mol. The number of nitrogens with zero attached hydrogens (tertiary/aromatic N) is 4. The number of nitrogens with one attached hydrogen (secondary N) is 1. The lowest BCUT2D eigenvalue weighted by atomic mass is 9.95. The number of hydrogen-bond acceptors (Lipinski definition) is 5. The highest BCUT2D eigenvalue weighted by Crippen LogP contribution is 2.20. The maximum atomic E-state index is 3.99. The predicted molar refractivity (Wildman–Crippen MR) is 69.0 cm³/mol. The molecule has 0 aliphatic heterocycles. The number of thioether (sulfide) groups is 1. The normalized spacial score (nSPS) is 19.4. The Morgan fingerprint density at radius 2 is 2.18 bits per heavy atom. The van der Waals surface area contributed by atoms with Crippen molar-refractivity contribution >= 4 is 11.8 Å². The zero-order valence-corrected chi connectivity index (χ0v) is 11.4. The Morgan fingerprint density at radius 3 is 2.82 bits per heavy atom. The molecule has 1 aromatic heterocycles. The van der Waals surface area contributed by atoms with Crippen LogP contribution in [-0.2, 0) is 7.05 Å². The number of tetrazole rings is 1. The summed E-state index contributed by atoms with van der Waals surface area (Å²) >= 11 is 1.73. The fraction of sp³-hybridized carbons (Fsp3) is 0.909. The summed E-state index contributed by atoms with van der Waals surface area (Å²) in [5.41, 5.74) is 0. The highest BCUT2D eigenvalue weighted by atomic mass is 32.2. The first kappa shape index (κ1) is 12.8. The van der Waals surface area contributed by atoms with Crippen LogP contribution in [0.1, 0.15) is 39.0 Å². The van der Waals surface area contributed by atoms with Gasteiger partial charge in [0.1, 0.15) is 0 Å². The second kappa shape index (κ2) is 6.35. The van der Waals surface area contributed by atoms with Crippen LogP contribution in [0, 0.1) is 0 Å². The molecule has 1 saturated carbocycles. The Morgan fingerprint density at radius 1 is 1.41 bits per heavy atom. The molecule has 1 aromatic rings. The quantitative estimate of drug-likeness (QED) is 0.810. The van der Waals surface area contributed by atoms with Crippen LogP contribution in [0.4, 0.5) is 0 Å². The zero-order valence-electron chi connectivity index (χ0n) is 10.6. The first-order valence-corrected chi connectivity index (χ1v) is 7.26. The fourth-order valence-electron chi connectivity index (χ4n) is 2.18. The molecule has 5 nitrogen and oxygen atoms in total. The van der Waals surface area contributed by atoms with Crippen LogP contribution >= 0.6 is 11.8 Å². The summed E-state index contributed by atoms with van der Waals surface area (Å²) in [5.74, 6) is 0. The summed E-state index contributed by atoms with van der Waals surface area (Å²) in [6.45, 7) is 3.25. The average molecular weight is 255 g/mol. The van der Waals surface area contributed by atoms with Gasteiger partial charge in [-0.2, -0.15) is 0 Å². The third-order valence-corrected chi connectivity index (χ3v) is 4.31. The van der Waals surface area contributed by atoms with E-state index in [1.165, 1.54) is 32.1 Å². The minimum atomic E-state index is 0.502. The summed E-state index contributed by atoms with van der Waals surface area (Å²) in [7, 11) is 1.88. The summed E-state index contributed by atoms with van der Waals surface area (Å²) in [6.07, 6.45) is 6.84. The van der Waals surface area contributed by atoms with Crippen LogP contribution < -0.4 is 5.32 Å². The van der Waals surface area contributed by atoms with Crippen LogP contribution in [0.15, 0.2) is 5.16 Å². The van der Waals surface area contributed by atoms with E-state index < -0.39 is 0 Å². The largest absolute Gasteiger partial charge is 0.313 e. The molecule has 1 unspecified atom stereocenters. The van der Waals surface area contributed by atoms with E-state index in [-0.39, 0.29) is 0 Å². The van der Waals surface area contributed by atoms with Crippen molar-refractivity contribution in [2.24, 2.45) is 7.05 Å². The molecule has 0 bridgehead atoms. The topological polar surface area (TPSA) is 55.6 Å². The molecule has 1 aliphatic rings. The second-order valence-electron chi connectivity index (χ2n) is 4.76. The smallest absolute Gasteiger partial charge is 0.209 e. The van der Waals surface area contributed by atoms with Gasteiger partial charge in [-0.05, 0) is 23.3 Å². The van der Waals surface area contributed by atoms with Crippen LogP contribution in [0.25, 0.3) is 0 Å². The summed E-state index contributed by atoms with van der Waals surface area (Å²) in [4.78, 5) is 0. The van der Waals surface area contributed by atoms with Crippen molar-refractivity contribution in [3.05, 3.63) is 0 Å². The van der Waals surface area contributed by atoms with Crippen LogP contribution in [0.3, 0.4) is 0 Å². The van der Waals surface area contributed by atoms with E-state index in [1.807, 2.05) is 7.05 Å². The molecule has 6 heteroatoms. The molecule has 0 spiro atoms. The molecule has 0 saturated heterocycles. The molecule has 2 rings (SSSR count). The van der Waals surface area contributed by atoms with Gasteiger partial charge in [-0.1, -0.05) is 37.9 Å². The first-order chi connectivity index (χ1) is 8.25. The highest BCUT2D eigenvalue weighted by Gasteiger charge is 2.15. The predicted octanol–water partition coefficient (Wildman–Crippen LogP) is 1.61. The molecule has 0 radical (unpaired) electrons. The molecule has 1 N–H and O–H groups in total. The van der Waals surface area contributed by atoms with E-state index in [0.29, 0.717) is 5.25 Å². The minimum absolute atomic E-state index is 0.502. The van der Waals surface area contributed by atoms with Gasteiger partial charge < -0.3 is 5.32 Å². The van der Waals surface area contributed by atoms with Gasteiger partial charge in [0.25, 0.3) is 0 Å². The van der Waals surface area contributed by atoms with E-state index in [2.05, 4.69) is 27.8 Å². The lowest BCUT2D eigenvalue weighted by Crippen LogP contribution is -2.35. The first-order valence-electron chi connectivity index (χ1n) is 6.38. The van der Waals surface area contributed by atoms with E-state index in [0.717, 1.165) is 17.7 Å². The Balaban J connectivity index is 1.70. The number of aryl methyl sites for hydroxylation is 1. The standard InChI is InChI=1S/C11H21N5S/c1-9(17-11-13-14-15-16(11)2)8-12-10-6-4-3-5-7-10/h9-10,12H,3-8H2,1-2H3.